The van der Waals surface area contributed by atoms with Gasteiger partial charge in [0, 0.05) is 0 Å². The third-order valence-electron chi connectivity index (χ3n) is 3.38. The quantitative estimate of drug-likeness (QED) is 0.802. The van der Waals surface area contributed by atoms with E-state index in [9.17, 15) is 4.79 Å². The van der Waals surface area contributed by atoms with Gasteiger partial charge in [0.1, 0.15) is 6.04 Å². The maximum Gasteiger partial charge on any atom is 0.323 e. The fraction of sp³-hybridized carbons (Fsp3) is 0.462. The van der Waals surface area contributed by atoms with Crippen LogP contribution < -0.4 is 0 Å². The summed E-state index contributed by atoms with van der Waals surface area (Å²) < 4.78 is 10.1. The van der Waals surface area contributed by atoms with Crippen LogP contribution in [0.2, 0.25) is 0 Å². The molecular formula is C13H15N3O3S. The maximum atomic E-state index is 11.7. The number of hydrogen-bond donors (Lipinski definition) is 0. The van der Waals surface area contributed by atoms with Gasteiger partial charge in [-0.2, -0.15) is 4.98 Å². The van der Waals surface area contributed by atoms with Gasteiger partial charge in [-0.1, -0.05) is 11.2 Å². The molecule has 2 aromatic rings. The molecule has 1 aliphatic rings. The van der Waals surface area contributed by atoms with E-state index in [2.05, 4.69) is 10.1 Å². The van der Waals surface area contributed by atoms with E-state index in [0.29, 0.717) is 18.3 Å². The van der Waals surface area contributed by atoms with Gasteiger partial charge in [0.25, 0.3) is 0 Å². The molecular weight excluding hydrogens is 278 g/mol. The minimum atomic E-state index is -0.197. The molecule has 20 heavy (non-hydrogen) atoms. The topological polar surface area (TPSA) is 68.5 Å². The second-order valence-electron chi connectivity index (χ2n) is 4.64. The largest absolute Gasteiger partial charge is 0.468 e. The number of aromatic nitrogens is 2. The number of methoxy groups -OCH3 is 1. The van der Waals surface area contributed by atoms with E-state index in [1.54, 1.807) is 11.3 Å². The van der Waals surface area contributed by atoms with Crippen molar-refractivity contribution in [2.75, 3.05) is 13.7 Å². The van der Waals surface area contributed by atoms with Crippen molar-refractivity contribution in [1.82, 2.24) is 15.0 Å². The SMILES string of the molecule is COC(=O)[C@@H]1CCCN1Cc1nc(-c2cccs2)no1. The monoisotopic (exact) mass is 293 g/mol. The zero-order chi connectivity index (χ0) is 13.9. The second-order valence-corrected chi connectivity index (χ2v) is 5.59. The lowest BCUT2D eigenvalue weighted by molar-refractivity contribution is -0.146. The zero-order valence-corrected chi connectivity index (χ0v) is 11.9. The third-order valence-corrected chi connectivity index (χ3v) is 4.25. The molecule has 0 N–H and O–H groups in total. The van der Waals surface area contributed by atoms with Crippen LogP contribution in [0.1, 0.15) is 18.7 Å². The Kier molecular flexibility index (Phi) is 3.79. The molecule has 0 spiro atoms. The van der Waals surface area contributed by atoms with E-state index in [1.165, 1.54) is 7.11 Å². The first-order valence-electron chi connectivity index (χ1n) is 6.46. The van der Waals surface area contributed by atoms with Crippen LogP contribution in [0.15, 0.2) is 22.0 Å². The van der Waals surface area contributed by atoms with Gasteiger partial charge in [0.2, 0.25) is 11.7 Å². The summed E-state index contributed by atoms with van der Waals surface area (Å²) in [6, 6.07) is 3.70. The number of esters is 1. The molecule has 6 nitrogen and oxygen atoms in total. The van der Waals surface area contributed by atoms with E-state index in [4.69, 9.17) is 9.26 Å². The fourth-order valence-electron chi connectivity index (χ4n) is 2.42. The summed E-state index contributed by atoms with van der Waals surface area (Å²) in [6.45, 7) is 1.33. The number of nitrogens with zero attached hydrogens (tertiary/aromatic N) is 3. The summed E-state index contributed by atoms with van der Waals surface area (Å²) in [5.74, 6) is 0.938. The molecule has 1 aliphatic heterocycles. The van der Waals surface area contributed by atoms with E-state index >= 15 is 0 Å². The molecule has 1 fully saturated rings. The Hall–Kier alpha value is -1.73. The number of carbonyl (C=O) groups excluding carboxylic acids is 1. The summed E-state index contributed by atoms with van der Waals surface area (Å²) >= 11 is 1.57. The average molecular weight is 293 g/mol. The van der Waals surface area contributed by atoms with E-state index < -0.39 is 0 Å². The molecule has 0 aromatic carbocycles. The van der Waals surface area contributed by atoms with Crippen LogP contribution in [-0.2, 0) is 16.1 Å². The van der Waals surface area contributed by atoms with Crippen molar-refractivity contribution in [3.05, 3.63) is 23.4 Å². The Balaban J connectivity index is 1.70. The number of carbonyl (C=O) groups is 1. The predicted octanol–water partition coefficient (Wildman–Crippen LogP) is 1.94. The van der Waals surface area contributed by atoms with Crippen LogP contribution in [-0.4, -0.2) is 40.7 Å². The van der Waals surface area contributed by atoms with Crippen molar-refractivity contribution in [3.8, 4) is 10.7 Å². The molecule has 3 heterocycles. The van der Waals surface area contributed by atoms with Gasteiger partial charge < -0.3 is 9.26 Å². The molecule has 0 radical (unpaired) electrons. The highest BCUT2D eigenvalue weighted by Gasteiger charge is 2.32. The molecule has 0 aliphatic carbocycles. The summed E-state index contributed by atoms with van der Waals surface area (Å²) in [7, 11) is 1.42. The van der Waals surface area contributed by atoms with Crippen LogP contribution in [0.4, 0.5) is 0 Å². The van der Waals surface area contributed by atoms with Gasteiger partial charge in [-0.25, -0.2) is 0 Å². The molecule has 0 amide bonds. The summed E-state index contributed by atoms with van der Waals surface area (Å²) in [4.78, 5) is 19.1. The molecule has 1 saturated heterocycles. The highest BCUT2D eigenvalue weighted by atomic mass is 32.1. The lowest BCUT2D eigenvalue weighted by atomic mass is 10.2. The minimum absolute atomic E-state index is 0.194. The first-order valence-corrected chi connectivity index (χ1v) is 7.34. The smallest absolute Gasteiger partial charge is 0.323 e. The van der Waals surface area contributed by atoms with Gasteiger partial charge in [0.15, 0.2) is 0 Å². The van der Waals surface area contributed by atoms with E-state index in [1.807, 2.05) is 22.4 Å². The van der Waals surface area contributed by atoms with E-state index in [-0.39, 0.29) is 12.0 Å². The number of hydrogen-bond acceptors (Lipinski definition) is 7. The van der Waals surface area contributed by atoms with Gasteiger partial charge >= 0.3 is 5.97 Å². The first kappa shape index (κ1) is 13.3. The number of likely N-dealkylation sites (tertiary alicyclic amines) is 1. The van der Waals surface area contributed by atoms with Crippen LogP contribution >= 0.6 is 11.3 Å². The van der Waals surface area contributed by atoms with Crippen LogP contribution in [0.5, 0.6) is 0 Å². The predicted molar refractivity (Wildman–Crippen MR) is 73.1 cm³/mol. The van der Waals surface area contributed by atoms with Gasteiger partial charge in [-0.15, -0.1) is 11.3 Å². The van der Waals surface area contributed by atoms with Crippen molar-refractivity contribution in [2.24, 2.45) is 0 Å². The van der Waals surface area contributed by atoms with Crippen molar-refractivity contribution < 1.29 is 14.1 Å². The molecule has 0 bridgehead atoms. The Labute approximate surface area is 120 Å². The maximum absolute atomic E-state index is 11.7. The number of ether oxygens (including phenoxy) is 1. The lowest BCUT2D eigenvalue weighted by Gasteiger charge is -2.19. The summed E-state index contributed by atoms with van der Waals surface area (Å²) in [5, 5.41) is 5.94. The lowest BCUT2D eigenvalue weighted by Crippen LogP contribution is -2.36. The highest BCUT2D eigenvalue weighted by Crippen LogP contribution is 2.24. The number of rotatable bonds is 4. The van der Waals surface area contributed by atoms with Gasteiger partial charge in [-0.05, 0) is 30.8 Å². The third kappa shape index (κ3) is 2.59. The van der Waals surface area contributed by atoms with Crippen LogP contribution in [0, 0.1) is 0 Å². The highest BCUT2D eigenvalue weighted by molar-refractivity contribution is 7.13. The standard InChI is InChI=1S/C13H15N3O3S/c1-18-13(17)9-4-2-6-16(9)8-11-14-12(15-19-11)10-5-3-7-20-10/h3,5,7,9H,2,4,6,8H2,1H3/t9-/m0/s1. The Bertz CT molecular complexity index is 581. The van der Waals surface area contributed by atoms with Crippen LogP contribution in [0.3, 0.4) is 0 Å². The zero-order valence-electron chi connectivity index (χ0n) is 11.1. The normalized spacial score (nSPS) is 19.4. The number of thiophene rings is 1. The van der Waals surface area contributed by atoms with Crippen molar-refractivity contribution in [2.45, 2.75) is 25.4 Å². The molecule has 1 atom stereocenters. The van der Waals surface area contributed by atoms with E-state index in [0.717, 1.165) is 24.3 Å². The average Bonchev–Trinajstić information content (AvgIpc) is 3.19. The molecule has 7 heteroatoms. The minimum Gasteiger partial charge on any atom is -0.468 e. The summed E-state index contributed by atoms with van der Waals surface area (Å²) in [6.07, 6.45) is 1.80. The van der Waals surface area contributed by atoms with Crippen molar-refractivity contribution in [1.29, 1.82) is 0 Å². The van der Waals surface area contributed by atoms with Crippen molar-refractivity contribution >= 4 is 17.3 Å². The Morgan fingerprint density at radius 1 is 1.65 bits per heavy atom. The molecule has 3 rings (SSSR count). The van der Waals surface area contributed by atoms with Crippen molar-refractivity contribution in [3.63, 3.8) is 0 Å². The molecule has 0 saturated carbocycles. The second kappa shape index (κ2) is 5.72. The molecule has 2 aromatic heterocycles. The Morgan fingerprint density at radius 2 is 2.55 bits per heavy atom. The fourth-order valence-corrected chi connectivity index (χ4v) is 3.07. The molecule has 106 valence electrons. The van der Waals surface area contributed by atoms with Gasteiger partial charge in [0.05, 0.1) is 18.5 Å². The van der Waals surface area contributed by atoms with Gasteiger partial charge in [-0.3, -0.25) is 9.69 Å². The first-order chi connectivity index (χ1) is 9.78. The Morgan fingerprint density at radius 3 is 3.30 bits per heavy atom. The molecule has 0 unspecified atom stereocenters. The van der Waals surface area contributed by atoms with Crippen LogP contribution in [0.25, 0.3) is 10.7 Å². The summed E-state index contributed by atoms with van der Waals surface area (Å²) in [5.41, 5.74) is 0.